The molecule has 0 aromatic heterocycles. The molecule has 0 fully saturated rings. The number of hydrogen-bond donors (Lipinski definition) is 6. The Morgan fingerprint density at radius 3 is 1.40 bits per heavy atom. The third kappa shape index (κ3) is 20.6. The van der Waals surface area contributed by atoms with Gasteiger partial charge in [0.15, 0.2) is 0 Å². The van der Waals surface area contributed by atoms with Gasteiger partial charge in [-0.2, -0.15) is 0 Å². The quantitative estimate of drug-likeness (QED) is 0.0443. The molecule has 1 heterocycles. The molecule has 254 valence electrons. The second kappa shape index (κ2) is 25.2. The Morgan fingerprint density at radius 2 is 0.930 bits per heavy atom. The first-order valence-corrected chi connectivity index (χ1v) is 17.6. The van der Waals surface area contributed by atoms with Crippen molar-refractivity contribution >= 4 is 5.97 Å². The standard InChI is InChI=1S/C35H66O8/c1-3-4-5-6-7-8-9-10-11-14-21-31(38)33(40)23-24-34(41)32(39)22-15-12-13-18-29(36)19-16-17-20-30(37)26-28-25-27(2)43-35(28)42/h25,27,29-34,36-41H,3-24,26H2,1-2H3/t27-,29?,30+,31?,32?,33?,34?/m0/s1. The number of rotatable bonds is 29. The summed E-state index contributed by atoms with van der Waals surface area (Å²) >= 11 is 0. The van der Waals surface area contributed by atoms with E-state index in [1.165, 1.54) is 51.4 Å². The summed E-state index contributed by atoms with van der Waals surface area (Å²) in [5.41, 5.74) is 0.545. The first-order chi connectivity index (χ1) is 20.6. The number of aliphatic hydroxyl groups is 6. The van der Waals surface area contributed by atoms with Crippen LogP contribution in [0.15, 0.2) is 11.6 Å². The van der Waals surface area contributed by atoms with E-state index in [9.17, 15) is 35.4 Å². The van der Waals surface area contributed by atoms with Gasteiger partial charge in [-0.1, -0.05) is 103 Å². The maximum absolute atomic E-state index is 11.6. The van der Waals surface area contributed by atoms with Crippen LogP contribution in [-0.2, 0) is 9.53 Å². The summed E-state index contributed by atoms with van der Waals surface area (Å²) in [5, 5.41) is 61.5. The summed E-state index contributed by atoms with van der Waals surface area (Å²) < 4.78 is 5.05. The smallest absolute Gasteiger partial charge is 0.334 e. The van der Waals surface area contributed by atoms with E-state index in [4.69, 9.17) is 4.74 Å². The first kappa shape index (κ1) is 40.0. The van der Waals surface area contributed by atoms with Crippen molar-refractivity contribution in [2.75, 3.05) is 0 Å². The highest BCUT2D eigenvalue weighted by atomic mass is 16.5. The van der Waals surface area contributed by atoms with Crippen LogP contribution in [0.1, 0.15) is 162 Å². The Kier molecular flexibility index (Phi) is 23.4. The van der Waals surface area contributed by atoms with Gasteiger partial charge >= 0.3 is 5.97 Å². The number of unbranched alkanes of at least 4 members (excludes halogenated alkanes) is 12. The Labute approximate surface area is 261 Å². The molecule has 8 heteroatoms. The van der Waals surface area contributed by atoms with Crippen LogP contribution >= 0.6 is 0 Å². The summed E-state index contributed by atoms with van der Waals surface area (Å²) in [4.78, 5) is 11.6. The van der Waals surface area contributed by atoms with Crippen molar-refractivity contribution in [3.63, 3.8) is 0 Å². The van der Waals surface area contributed by atoms with Gasteiger partial charge in [0.2, 0.25) is 0 Å². The molecule has 0 amide bonds. The molecule has 0 aromatic rings. The highest BCUT2D eigenvalue weighted by Crippen LogP contribution is 2.21. The molecule has 6 N–H and O–H groups in total. The van der Waals surface area contributed by atoms with Crippen molar-refractivity contribution in [2.24, 2.45) is 0 Å². The average Bonchev–Trinajstić information content (AvgIpc) is 3.29. The molecule has 1 aliphatic rings. The van der Waals surface area contributed by atoms with E-state index in [2.05, 4.69) is 6.92 Å². The minimum Gasteiger partial charge on any atom is -0.455 e. The van der Waals surface area contributed by atoms with Gasteiger partial charge in [-0.05, 0) is 57.9 Å². The number of hydrogen-bond acceptors (Lipinski definition) is 8. The molecule has 43 heavy (non-hydrogen) atoms. The van der Waals surface area contributed by atoms with Gasteiger partial charge in [0.25, 0.3) is 0 Å². The molecule has 1 aliphatic heterocycles. The minimum absolute atomic E-state index is 0.221. The molecule has 7 atom stereocenters. The Hall–Kier alpha value is -1.03. The van der Waals surface area contributed by atoms with Crippen LogP contribution in [0.25, 0.3) is 0 Å². The zero-order valence-electron chi connectivity index (χ0n) is 27.4. The first-order valence-electron chi connectivity index (χ1n) is 17.6. The van der Waals surface area contributed by atoms with Gasteiger partial charge in [0.05, 0.1) is 36.6 Å². The molecule has 0 radical (unpaired) electrons. The van der Waals surface area contributed by atoms with Crippen molar-refractivity contribution in [3.05, 3.63) is 11.6 Å². The monoisotopic (exact) mass is 614 g/mol. The molecular weight excluding hydrogens is 548 g/mol. The zero-order chi connectivity index (χ0) is 31.9. The summed E-state index contributed by atoms with van der Waals surface area (Å²) in [6, 6.07) is 0. The number of cyclic esters (lactones) is 1. The van der Waals surface area contributed by atoms with Crippen molar-refractivity contribution in [1.29, 1.82) is 0 Å². The fraction of sp³-hybridized carbons (Fsp3) is 0.914. The predicted octanol–water partition coefficient (Wildman–Crippen LogP) is 6.02. The second-order valence-electron chi connectivity index (χ2n) is 13.1. The van der Waals surface area contributed by atoms with Crippen molar-refractivity contribution in [2.45, 2.75) is 204 Å². The van der Waals surface area contributed by atoms with Crippen LogP contribution in [0.4, 0.5) is 0 Å². The topological polar surface area (TPSA) is 148 Å². The third-order valence-electron chi connectivity index (χ3n) is 8.81. The van der Waals surface area contributed by atoms with E-state index in [0.29, 0.717) is 44.1 Å². The van der Waals surface area contributed by atoms with Crippen LogP contribution in [0.3, 0.4) is 0 Å². The molecule has 8 nitrogen and oxygen atoms in total. The highest BCUT2D eigenvalue weighted by Gasteiger charge is 2.24. The minimum atomic E-state index is -0.917. The highest BCUT2D eigenvalue weighted by molar-refractivity contribution is 5.90. The van der Waals surface area contributed by atoms with E-state index in [1.54, 1.807) is 13.0 Å². The van der Waals surface area contributed by atoms with Crippen molar-refractivity contribution in [1.82, 2.24) is 0 Å². The number of ether oxygens (including phenoxy) is 1. The number of esters is 1. The van der Waals surface area contributed by atoms with Gasteiger partial charge in [0, 0.05) is 12.0 Å². The van der Waals surface area contributed by atoms with E-state index >= 15 is 0 Å². The molecule has 0 spiro atoms. The lowest BCUT2D eigenvalue weighted by Gasteiger charge is -2.22. The fourth-order valence-electron chi connectivity index (χ4n) is 5.90. The molecule has 5 unspecified atom stereocenters. The van der Waals surface area contributed by atoms with Gasteiger partial charge in [-0.25, -0.2) is 4.79 Å². The second-order valence-corrected chi connectivity index (χ2v) is 13.1. The van der Waals surface area contributed by atoms with Gasteiger partial charge in [-0.15, -0.1) is 0 Å². The van der Waals surface area contributed by atoms with Crippen LogP contribution in [0, 0.1) is 0 Å². The Balaban J connectivity index is 1.98. The van der Waals surface area contributed by atoms with E-state index in [-0.39, 0.29) is 24.9 Å². The third-order valence-corrected chi connectivity index (χ3v) is 8.81. The average molecular weight is 615 g/mol. The predicted molar refractivity (Wildman–Crippen MR) is 172 cm³/mol. The van der Waals surface area contributed by atoms with Crippen LogP contribution in [0.5, 0.6) is 0 Å². The Morgan fingerprint density at radius 1 is 0.558 bits per heavy atom. The molecule has 0 aliphatic carbocycles. The van der Waals surface area contributed by atoms with Crippen molar-refractivity contribution < 1.29 is 40.2 Å². The molecule has 1 rings (SSSR count). The summed E-state index contributed by atoms with van der Waals surface area (Å²) in [7, 11) is 0. The summed E-state index contributed by atoms with van der Waals surface area (Å²) in [6.45, 7) is 4.03. The molecule has 0 saturated heterocycles. The van der Waals surface area contributed by atoms with Crippen LogP contribution in [0.2, 0.25) is 0 Å². The lowest BCUT2D eigenvalue weighted by molar-refractivity contribution is -0.139. The van der Waals surface area contributed by atoms with Crippen LogP contribution < -0.4 is 0 Å². The van der Waals surface area contributed by atoms with Gasteiger partial charge in [0.1, 0.15) is 6.10 Å². The fourth-order valence-corrected chi connectivity index (χ4v) is 5.90. The van der Waals surface area contributed by atoms with E-state index in [1.807, 2.05) is 0 Å². The maximum Gasteiger partial charge on any atom is 0.334 e. The van der Waals surface area contributed by atoms with Gasteiger partial charge in [-0.3, -0.25) is 0 Å². The summed E-state index contributed by atoms with van der Waals surface area (Å²) in [6.07, 6.45) is 17.2. The van der Waals surface area contributed by atoms with Gasteiger partial charge < -0.3 is 35.4 Å². The summed E-state index contributed by atoms with van der Waals surface area (Å²) in [5.74, 6) is -0.340. The zero-order valence-corrected chi connectivity index (χ0v) is 27.4. The lowest BCUT2D eigenvalue weighted by Crippen LogP contribution is -2.31. The van der Waals surface area contributed by atoms with Crippen molar-refractivity contribution in [3.8, 4) is 0 Å². The maximum atomic E-state index is 11.6. The lowest BCUT2D eigenvalue weighted by atomic mass is 9.96. The molecular formula is C35H66O8. The number of aliphatic hydroxyl groups excluding tert-OH is 6. The normalized spacial score (nSPS) is 19.5. The number of carbonyl (C=O) groups is 1. The number of carbonyl (C=O) groups excluding carboxylic acids is 1. The molecule has 0 aromatic carbocycles. The SMILES string of the molecule is CCCCCCCCCCCCC(O)C(O)CCC(O)C(O)CCCCCC(O)CCCC[C@@H](O)CC1=C[C@H](C)OC1=O. The molecule has 0 saturated carbocycles. The molecule has 0 bridgehead atoms. The largest absolute Gasteiger partial charge is 0.455 e. The van der Waals surface area contributed by atoms with E-state index < -0.39 is 36.6 Å². The Bertz CT molecular complexity index is 714. The van der Waals surface area contributed by atoms with Crippen LogP contribution in [-0.4, -0.2) is 79.3 Å². The van der Waals surface area contributed by atoms with E-state index in [0.717, 1.165) is 44.9 Å².